The summed E-state index contributed by atoms with van der Waals surface area (Å²) >= 11 is 12.5. The van der Waals surface area contributed by atoms with Crippen molar-refractivity contribution in [1.82, 2.24) is 40.0 Å². The summed E-state index contributed by atoms with van der Waals surface area (Å²) in [7, 11) is 0. The monoisotopic (exact) mass is 889 g/mol. The fourth-order valence-corrected chi connectivity index (χ4v) is 10.2. The fraction of sp³-hybridized carbons (Fsp3) is 0.378. The van der Waals surface area contributed by atoms with Crippen LogP contribution in [0.5, 0.6) is 0 Å². The summed E-state index contributed by atoms with van der Waals surface area (Å²) in [6, 6.07) is 17.9. The zero-order valence-electron chi connectivity index (χ0n) is 34.3. The van der Waals surface area contributed by atoms with Gasteiger partial charge in [0.15, 0.2) is 17.0 Å². The number of imidazole rings is 1. The van der Waals surface area contributed by atoms with Crippen molar-refractivity contribution in [2.75, 3.05) is 60.9 Å². The van der Waals surface area contributed by atoms with Crippen molar-refractivity contribution in [3.8, 4) is 0 Å². The number of aromatic nitrogens is 4. The zero-order chi connectivity index (χ0) is 43.4. The Kier molecular flexibility index (Phi) is 11.0. The van der Waals surface area contributed by atoms with Crippen LogP contribution in [0, 0.1) is 5.92 Å². The number of benzene rings is 3. The highest BCUT2D eigenvalue weighted by Crippen LogP contribution is 2.38. The molecule has 16 nitrogen and oxygen atoms in total. The van der Waals surface area contributed by atoms with E-state index >= 15 is 0 Å². The third-order valence-corrected chi connectivity index (χ3v) is 13.8. The van der Waals surface area contributed by atoms with Gasteiger partial charge < -0.3 is 25.0 Å². The first-order chi connectivity index (χ1) is 30.6. The number of carbonyl (C=O) groups excluding carboxylic acids is 5. The van der Waals surface area contributed by atoms with Crippen LogP contribution in [0.4, 0.5) is 22.9 Å². The Morgan fingerprint density at radius 1 is 0.794 bits per heavy atom. The first-order valence-corrected chi connectivity index (χ1v) is 22.2. The summed E-state index contributed by atoms with van der Waals surface area (Å²) in [6.45, 7) is 6.32. The third-order valence-electron chi connectivity index (χ3n) is 13.2. The van der Waals surface area contributed by atoms with Gasteiger partial charge in [-0.05, 0) is 86.6 Å². The lowest BCUT2D eigenvalue weighted by Gasteiger charge is -2.40. The number of rotatable bonds is 10. The second-order valence-electron chi connectivity index (χ2n) is 17.0. The van der Waals surface area contributed by atoms with Gasteiger partial charge in [0.05, 0.1) is 38.8 Å². The molecule has 5 aliphatic rings. The number of piperazine rings is 1. The van der Waals surface area contributed by atoms with E-state index in [0.29, 0.717) is 38.4 Å². The molecule has 0 spiro atoms. The average Bonchev–Trinajstić information content (AvgIpc) is 3.81. The molecule has 18 heteroatoms. The summed E-state index contributed by atoms with van der Waals surface area (Å²) in [4.78, 5) is 86.1. The van der Waals surface area contributed by atoms with Gasteiger partial charge in [-0.1, -0.05) is 35.3 Å². The number of hydrogen-bond donors (Lipinski definition) is 3. The maximum atomic E-state index is 13.7. The number of nitrogens with zero attached hydrogens (tertiary/aromatic N) is 8. The van der Waals surface area contributed by atoms with Crippen molar-refractivity contribution >= 4 is 86.8 Å². The first kappa shape index (κ1) is 40.9. The highest BCUT2D eigenvalue weighted by Gasteiger charge is 2.46. The van der Waals surface area contributed by atoms with Crippen molar-refractivity contribution < 1.29 is 24.0 Å². The van der Waals surface area contributed by atoms with Gasteiger partial charge in [-0.2, -0.15) is 0 Å². The van der Waals surface area contributed by atoms with Crippen LogP contribution in [0.1, 0.15) is 75.6 Å². The SMILES string of the molecule is O=C1CCC(N2C(=O)c3cccc(N4CCC(CN5CCN(c6ccc(Nc7ncnc8c7ncn8C7CC(NC(=O)c8c(Cl)cccc8Cl)C7)cc6)CC5)CC4)c3C2=O)C(=O)N1. The Bertz CT molecular complexity index is 2620. The van der Waals surface area contributed by atoms with Crippen molar-refractivity contribution in [2.45, 2.75) is 56.7 Å². The van der Waals surface area contributed by atoms with Crippen LogP contribution < -0.4 is 25.8 Å². The van der Waals surface area contributed by atoms with E-state index in [1.54, 1.807) is 36.7 Å². The quantitative estimate of drug-likeness (QED) is 0.151. The van der Waals surface area contributed by atoms with Gasteiger partial charge in [0.25, 0.3) is 17.7 Å². The van der Waals surface area contributed by atoms with E-state index in [2.05, 4.69) is 69.9 Å². The Morgan fingerprint density at radius 2 is 1.52 bits per heavy atom. The molecule has 3 aromatic carbocycles. The van der Waals surface area contributed by atoms with E-state index < -0.39 is 23.8 Å². The summed E-state index contributed by atoms with van der Waals surface area (Å²) in [5, 5.41) is 9.39. The molecule has 0 radical (unpaired) electrons. The lowest BCUT2D eigenvalue weighted by Crippen LogP contribution is -2.54. The maximum absolute atomic E-state index is 13.7. The van der Waals surface area contributed by atoms with Gasteiger partial charge in [0.2, 0.25) is 11.8 Å². The van der Waals surface area contributed by atoms with Crippen LogP contribution in [0.2, 0.25) is 10.0 Å². The van der Waals surface area contributed by atoms with Crippen molar-refractivity contribution in [1.29, 1.82) is 0 Å². The highest BCUT2D eigenvalue weighted by atomic mass is 35.5. The molecule has 5 aromatic rings. The number of piperidine rings is 2. The van der Waals surface area contributed by atoms with Crippen LogP contribution in [-0.4, -0.2) is 117 Å². The van der Waals surface area contributed by atoms with E-state index in [4.69, 9.17) is 23.2 Å². The maximum Gasteiger partial charge on any atom is 0.264 e. The summed E-state index contributed by atoms with van der Waals surface area (Å²) in [5.74, 6) is -1.08. The number of imide groups is 2. The molecule has 4 fully saturated rings. The molecule has 3 N–H and O–H groups in total. The number of nitrogens with one attached hydrogen (secondary N) is 3. The van der Waals surface area contributed by atoms with Gasteiger partial charge in [-0.3, -0.25) is 39.1 Å². The summed E-state index contributed by atoms with van der Waals surface area (Å²) < 4.78 is 2.04. The molecule has 4 aliphatic heterocycles. The fourth-order valence-electron chi connectivity index (χ4n) is 9.68. The minimum Gasteiger partial charge on any atom is -0.371 e. The number of anilines is 4. The van der Waals surface area contributed by atoms with Gasteiger partial charge in [0.1, 0.15) is 12.4 Å². The number of fused-ring (bicyclic) bond motifs is 2. The Hall–Kier alpha value is -6.10. The summed E-state index contributed by atoms with van der Waals surface area (Å²) in [5.41, 5.74) is 5.15. The molecule has 2 aromatic heterocycles. The van der Waals surface area contributed by atoms with Crippen molar-refractivity contribution in [2.24, 2.45) is 5.92 Å². The molecule has 0 bridgehead atoms. The molecule has 10 rings (SSSR count). The minimum atomic E-state index is -0.980. The minimum absolute atomic E-state index is 0.0192. The van der Waals surface area contributed by atoms with E-state index in [1.807, 2.05) is 10.6 Å². The van der Waals surface area contributed by atoms with E-state index in [0.717, 1.165) is 99.1 Å². The van der Waals surface area contributed by atoms with Crippen molar-refractivity contribution in [3.63, 3.8) is 0 Å². The summed E-state index contributed by atoms with van der Waals surface area (Å²) in [6.07, 6.45) is 6.94. The molecule has 1 saturated carbocycles. The van der Waals surface area contributed by atoms with Gasteiger partial charge in [-0.25, -0.2) is 15.0 Å². The van der Waals surface area contributed by atoms with E-state index in [1.165, 1.54) is 6.33 Å². The van der Waals surface area contributed by atoms with Crippen molar-refractivity contribution in [3.05, 3.63) is 100 Å². The third kappa shape index (κ3) is 7.84. The molecule has 1 atom stereocenters. The Labute approximate surface area is 372 Å². The Morgan fingerprint density at radius 3 is 2.25 bits per heavy atom. The van der Waals surface area contributed by atoms with E-state index in [-0.39, 0.29) is 42.3 Å². The standard InChI is InChI=1S/C45H45Cl2N11O5/c46-32-4-2-5-33(47)38(32)43(61)52-28-21-30(22-28)57-25-50-39-40(48-24-49-41(39)57)51-27-7-9-29(10-8-27)55-19-17-54(18-20-55)23-26-13-15-56(16-14-26)34-6-1-3-31-37(34)45(63)58(44(31)62)35-11-12-36(59)53-42(35)60/h1-10,24-26,28,30,35H,11-23H2,(H,52,61)(H,48,49,51)(H,53,59,60). The van der Waals surface area contributed by atoms with Crippen LogP contribution in [0.3, 0.4) is 0 Å². The number of amides is 5. The van der Waals surface area contributed by atoms with Gasteiger partial charge in [-0.15, -0.1) is 0 Å². The highest BCUT2D eigenvalue weighted by molar-refractivity contribution is 6.39. The predicted molar refractivity (Wildman–Crippen MR) is 238 cm³/mol. The molecule has 63 heavy (non-hydrogen) atoms. The predicted octanol–water partition coefficient (Wildman–Crippen LogP) is 5.45. The van der Waals surface area contributed by atoms with Gasteiger partial charge in [0, 0.05) is 75.7 Å². The second kappa shape index (κ2) is 16.9. The zero-order valence-corrected chi connectivity index (χ0v) is 35.8. The lowest BCUT2D eigenvalue weighted by molar-refractivity contribution is -0.136. The number of carbonyl (C=O) groups is 5. The molecule has 5 amide bonds. The molecular formula is C45H45Cl2N11O5. The van der Waals surface area contributed by atoms with Crippen LogP contribution >= 0.6 is 23.2 Å². The first-order valence-electron chi connectivity index (χ1n) is 21.5. The van der Waals surface area contributed by atoms with Crippen LogP contribution in [0.25, 0.3) is 11.2 Å². The molecule has 6 heterocycles. The van der Waals surface area contributed by atoms with E-state index in [9.17, 15) is 24.0 Å². The number of hydrogen-bond acceptors (Lipinski definition) is 12. The smallest absolute Gasteiger partial charge is 0.264 e. The molecule has 1 aliphatic carbocycles. The van der Waals surface area contributed by atoms with Gasteiger partial charge >= 0.3 is 0 Å². The molecule has 324 valence electrons. The van der Waals surface area contributed by atoms with Crippen LogP contribution in [0.15, 0.2) is 73.3 Å². The topological polar surface area (TPSA) is 178 Å². The molecular weight excluding hydrogens is 845 g/mol. The van der Waals surface area contributed by atoms with Crippen LogP contribution in [-0.2, 0) is 9.59 Å². The average molecular weight is 891 g/mol. The molecule has 3 saturated heterocycles. The molecule has 1 unspecified atom stereocenters. The normalized spacial score (nSPS) is 22.0. The lowest BCUT2D eigenvalue weighted by atomic mass is 9.86. The largest absolute Gasteiger partial charge is 0.371 e. The Balaban J connectivity index is 0.693. The second-order valence-corrected chi connectivity index (χ2v) is 17.8. The number of halogens is 2.